The number of carboxylic acids is 1. The third-order valence-electron chi connectivity index (χ3n) is 3.56. The van der Waals surface area contributed by atoms with E-state index in [1.165, 1.54) is 6.92 Å². The van der Waals surface area contributed by atoms with Gasteiger partial charge in [-0.3, -0.25) is 14.4 Å². The molecule has 2 amide bonds. The van der Waals surface area contributed by atoms with Crippen molar-refractivity contribution in [3.05, 3.63) is 29.8 Å². The summed E-state index contributed by atoms with van der Waals surface area (Å²) < 4.78 is 0. The SMILES string of the molecule is CC(=O)NCCC(=O)N1CCC(C(=O)O)c2ccccc21. The second-order valence-corrected chi connectivity index (χ2v) is 5.02. The van der Waals surface area contributed by atoms with E-state index >= 15 is 0 Å². The second-order valence-electron chi connectivity index (χ2n) is 5.02. The van der Waals surface area contributed by atoms with E-state index < -0.39 is 11.9 Å². The Morgan fingerprint density at radius 2 is 2.05 bits per heavy atom. The predicted octanol–water partition coefficient (Wildman–Crippen LogP) is 1.12. The molecule has 112 valence electrons. The molecule has 1 heterocycles. The Labute approximate surface area is 122 Å². The van der Waals surface area contributed by atoms with Gasteiger partial charge in [-0.2, -0.15) is 0 Å². The third kappa shape index (κ3) is 3.39. The highest BCUT2D eigenvalue weighted by molar-refractivity contribution is 5.96. The molecular weight excluding hydrogens is 272 g/mol. The third-order valence-corrected chi connectivity index (χ3v) is 3.56. The first-order chi connectivity index (χ1) is 10.0. The van der Waals surface area contributed by atoms with Gasteiger partial charge in [-0.05, 0) is 18.1 Å². The van der Waals surface area contributed by atoms with Crippen LogP contribution in [0.15, 0.2) is 24.3 Å². The van der Waals surface area contributed by atoms with Gasteiger partial charge in [0.25, 0.3) is 0 Å². The molecular formula is C15H18N2O4. The lowest BCUT2D eigenvalue weighted by Crippen LogP contribution is -2.39. The minimum absolute atomic E-state index is 0.111. The summed E-state index contributed by atoms with van der Waals surface area (Å²) in [6, 6.07) is 7.08. The van der Waals surface area contributed by atoms with Crippen molar-refractivity contribution in [2.45, 2.75) is 25.7 Å². The molecule has 2 N–H and O–H groups in total. The fourth-order valence-corrected chi connectivity index (χ4v) is 2.56. The summed E-state index contributed by atoms with van der Waals surface area (Å²) in [5.41, 5.74) is 1.33. The van der Waals surface area contributed by atoms with E-state index in [1.54, 1.807) is 29.2 Å². The van der Waals surface area contributed by atoms with E-state index in [0.717, 1.165) is 0 Å². The van der Waals surface area contributed by atoms with Gasteiger partial charge in [-0.15, -0.1) is 0 Å². The molecule has 1 atom stereocenters. The van der Waals surface area contributed by atoms with Crippen molar-refractivity contribution in [3.8, 4) is 0 Å². The van der Waals surface area contributed by atoms with Crippen LogP contribution in [0, 0.1) is 0 Å². The van der Waals surface area contributed by atoms with Crippen LogP contribution in [0.1, 0.15) is 31.2 Å². The molecule has 1 unspecified atom stereocenters. The number of nitrogens with one attached hydrogen (secondary N) is 1. The first-order valence-corrected chi connectivity index (χ1v) is 6.87. The summed E-state index contributed by atoms with van der Waals surface area (Å²) >= 11 is 0. The quantitative estimate of drug-likeness (QED) is 0.870. The molecule has 0 bridgehead atoms. The average molecular weight is 290 g/mol. The van der Waals surface area contributed by atoms with E-state index in [-0.39, 0.29) is 24.8 Å². The van der Waals surface area contributed by atoms with Crippen molar-refractivity contribution in [1.82, 2.24) is 5.32 Å². The molecule has 0 saturated carbocycles. The van der Waals surface area contributed by atoms with Crippen LogP contribution in [0.3, 0.4) is 0 Å². The van der Waals surface area contributed by atoms with Gasteiger partial charge >= 0.3 is 5.97 Å². The van der Waals surface area contributed by atoms with Gasteiger partial charge < -0.3 is 15.3 Å². The number of carbonyl (C=O) groups excluding carboxylic acids is 2. The molecule has 0 radical (unpaired) electrons. The largest absolute Gasteiger partial charge is 0.481 e. The number of anilines is 1. The van der Waals surface area contributed by atoms with E-state index in [4.69, 9.17) is 0 Å². The Balaban J connectivity index is 2.15. The fraction of sp³-hybridized carbons (Fsp3) is 0.400. The number of carbonyl (C=O) groups is 3. The van der Waals surface area contributed by atoms with Gasteiger partial charge in [0, 0.05) is 32.1 Å². The van der Waals surface area contributed by atoms with Crippen LogP contribution in [0.25, 0.3) is 0 Å². The minimum atomic E-state index is -0.868. The molecule has 1 aromatic rings. The lowest BCUT2D eigenvalue weighted by molar-refractivity contribution is -0.139. The molecule has 0 saturated heterocycles. The second kappa shape index (κ2) is 6.39. The zero-order chi connectivity index (χ0) is 15.4. The maximum absolute atomic E-state index is 12.2. The zero-order valence-electron chi connectivity index (χ0n) is 11.8. The van der Waals surface area contributed by atoms with E-state index in [0.29, 0.717) is 24.2 Å². The zero-order valence-corrected chi connectivity index (χ0v) is 11.8. The highest BCUT2D eigenvalue weighted by Crippen LogP contribution is 2.35. The molecule has 1 aromatic carbocycles. The standard InChI is InChI=1S/C15H18N2O4/c1-10(18)16-8-6-14(19)17-9-7-12(15(20)21)11-4-2-3-5-13(11)17/h2-5,12H,6-9H2,1H3,(H,16,18)(H,20,21). The smallest absolute Gasteiger partial charge is 0.311 e. The number of aliphatic carboxylic acids is 1. The van der Waals surface area contributed by atoms with Crippen LogP contribution in [-0.2, 0) is 14.4 Å². The molecule has 21 heavy (non-hydrogen) atoms. The molecule has 6 nitrogen and oxygen atoms in total. The van der Waals surface area contributed by atoms with Crippen molar-refractivity contribution in [2.24, 2.45) is 0 Å². The van der Waals surface area contributed by atoms with Gasteiger partial charge in [0.1, 0.15) is 0 Å². The number of carboxylic acid groups (broad SMARTS) is 1. The number of para-hydroxylation sites is 1. The molecule has 0 aromatic heterocycles. The van der Waals surface area contributed by atoms with Gasteiger partial charge in [0.05, 0.1) is 5.92 Å². The number of amides is 2. The fourth-order valence-electron chi connectivity index (χ4n) is 2.56. The van der Waals surface area contributed by atoms with Crippen LogP contribution in [0.4, 0.5) is 5.69 Å². The minimum Gasteiger partial charge on any atom is -0.481 e. The van der Waals surface area contributed by atoms with E-state index in [1.807, 2.05) is 0 Å². The van der Waals surface area contributed by atoms with Crippen molar-refractivity contribution in [2.75, 3.05) is 18.0 Å². The van der Waals surface area contributed by atoms with Gasteiger partial charge in [0.2, 0.25) is 11.8 Å². The lowest BCUT2D eigenvalue weighted by atomic mass is 9.90. The topological polar surface area (TPSA) is 86.7 Å². The highest BCUT2D eigenvalue weighted by atomic mass is 16.4. The summed E-state index contributed by atoms with van der Waals surface area (Å²) in [6.07, 6.45) is 0.601. The summed E-state index contributed by atoms with van der Waals surface area (Å²) in [6.45, 7) is 2.07. The van der Waals surface area contributed by atoms with Gasteiger partial charge in [-0.1, -0.05) is 18.2 Å². The number of hydrogen-bond acceptors (Lipinski definition) is 3. The molecule has 0 spiro atoms. The molecule has 2 rings (SSSR count). The predicted molar refractivity (Wildman–Crippen MR) is 77.1 cm³/mol. The van der Waals surface area contributed by atoms with E-state index in [2.05, 4.69) is 5.32 Å². The number of nitrogens with zero attached hydrogens (tertiary/aromatic N) is 1. The molecule has 1 aliphatic heterocycles. The first-order valence-electron chi connectivity index (χ1n) is 6.87. The van der Waals surface area contributed by atoms with Crippen molar-refractivity contribution in [1.29, 1.82) is 0 Å². The number of hydrogen-bond donors (Lipinski definition) is 2. The van der Waals surface area contributed by atoms with Crippen LogP contribution < -0.4 is 10.2 Å². The van der Waals surface area contributed by atoms with Crippen molar-refractivity contribution >= 4 is 23.5 Å². The first kappa shape index (κ1) is 15.0. The summed E-state index contributed by atoms with van der Waals surface area (Å²) in [7, 11) is 0. The average Bonchev–Trinajstić information content (AvgIpc) is 2.45. The maximum atomic E-state index is 12.2. The molecule has 6 heteroatoms. The molecule has 0 aliphatic carbocycles. The van der Waals surface area contributed by atoms with Crippen LogP contribution in [0.2, 0.25) is 0 Å². The Morgan fingerprint density at radius 3 is 2.71 bits per heavy atom. The monoisotopic (exact) mass is 290 g/mol. The summed E-state index contributed by atoms with van der Waals surface area (Å²) in [4.78, 5) is 36.0. The van der Waals surface area contributed by atoms with Crippen LogP contribution >= 0.6 is 0 Å². The Morgan fingerprint density at radius 1 is 1.33 bits per heavy atom. The molecule has 1 aliphatic rings. The lowest BCUT2D eigenvalue weighted by Gasteiger charge is -2.32. The Hall–Kier alpha value is -2.37. The summed E-state index contributed by atoms with van der Waals surface area (Å²) in [5, 5.41) is 11.8. The maximum Gasteiger partial charge on any atom is 0.311 e. The number of benzene rings is 1. The Kier molecular flexibility index (Phi) is 4.57. The number of rotatable bonds is 4. The number of fused-ring (bicyclic) bond motifs is 1. The normalized spacial score (nSPS) is 17.0. The highest BCUT2D eigenvalue weighted by Gasteiger charge is 2.31. The van der Waals surface area contributed by atoms with E-state index in [9.17, 15) is 19.5 Å². The van der Waals surface area contributed by atoms with Crippen LogP contribution in [0.5, 0.6) is 0 Å². The van der Waals surface area contributed by atoms with Crippen molar-refractivity contribution in [3.63, 3.8) is 0 Å². The molecule has 0 fully saturated rings. The van der Waals surface area contributed by atoms with Crippen LogP contribution in [-0.4, -0.2) is 36.0 Å². The Bertz CT molecular complexity index is 571. The van der Waals surface area contributed by atoms with Crippen molar-refractivity contribution < 1.29 is 19.5 Å². The summed E-state index contributed by atoms with van der Waals surface area (Å²) in [5.74, 6) is -1.72. The van der Waals surface area contributed by atoms with Gasteiger partial charge in [-0.25, -0.2) is 0 Å². The van der Waals surface area contributed by atoms with Gasteiger partial charge in [0.15, 0.2) is 0 Å².